The quantitative estimate of drug-likeness (QED) is 0.109. The highest BCUT2D eigenvalue weighted by Crippen LogP contribution is 2.66. The van der Waals surface area contributed by atoms with Crippen molar-refractivity contribution in [1.29, 1.82) is 0 Å². The average Bonchev–Trinajstić information content (AvgIpc) is 3.18. The van der Waals surface area contributed by atoms with Crippen LogP contribution < -0.4 is 11.0 Å². The van der Waals surface area contributed by atoms with Gasteiger partial charge in [-0.15, -0.1) is 0 Å². The fourth-order valence-electron chi connectivity index (χ4n) is 3.85. The fraction of sp³-hybridized carbons (Fsp3) is 0.400. The highest BCUT2D eigenvalue weighted by atomic mass is 31.3. The summed E-state index contributed by atoms with van der Waals surface area (Å²) in [5.74, 6) is 0. The molecular formula is C15H20N5O15P3. The predicted octanol–water partition coefficient (Wildman–Crippen LogP) is -0.574. The van der Waals surface area contributed by atoms with Crippen molar-refractivity contribution < 1.29 is 66.6 Å². The van der Waals surface area contributed by atoms with E-state index in [4.69, 9.17) is 14.5 Å². The molecule has 9 N–H and O–H groups in total. The van der Waals surface area contributed by atoms with Gasteiger partial charge >= 0.3 is 23.5 Å². The molecule has 0 saturated carbocycles. The number of aromatic amines is 1. The zero-order valence-corrected chi connectivity index (χ0v) is 21.4. The average molecular weight is 603 g/mol. The maximum Gasteiger partial charge on any atom is 0.490 e. The first-order chi connectivity index (χ1) is 17.4. The number of rotatable bonds is 9. The Hall–Kier alpha value is -2.12. The predicted molar refractivity (Wildman–Crippen MR) is 121 cm³/mol. The molecular weight excluding hydrogens is 583 g/mol. The van der Waals surface area contributed by atoms with Crippen molar-refractivity contribution in [1.82, 2.24) is 20.0 Å². The van der Waals surface area contributed by atoms with E-state index in [0.29, 0.717) is 5.39 Å². The van der Waals surface area contributed by atoms with Gasteiger partial charge < -0.3 is 34.5 Å². The Morgan fingerprint density at radius 2 is 1.87 bits per heavy atom. The van der Waals surface area contributed by atoms with Gasteiger partial charge in [0.1, 0.15) is 23.3 Å². The van der Waals surface area contributed by atoms with Gasteiger partial charge in [-0.3, -0.25) is 20.0 Å². The number of H-pyrrole nitrogens is 1. The normalized spacial score (nSPS) is 27.4. The van der Waals surface area contributed by atoms with Crippen LogP contribution in [0, 0.1) is 0 Å². The van der Waals surface area contributed by atoms with Crippen LogP contribution in [0.25, 0.3) is 21.7 Å². The summed E-state index contributed by atoms with van der Waals surface area (Å²) in [5, 5.41) is 41.9. The SMILES string of the molecule is C[C@@]1(O)[C@H](O)[C@@H](COP(=O)(O)OP(=O)(O)OP(=O)(O)O)O[C@H]1n1cc2c(NO)cc3c(=O)[nH]ncc(n1)c23. The van der Waals surface area contributed by atoms with Gasteiger partial charge in [0.25, 0.3) is 5.56 Å². The zero-order valence-electron chi connectivity index (χ0n) is 18.8. The van der Waals surface area contributed by atoms with Crippen LogP contribution in [0.3, 0.4) is 0 Å². The highest BCUT2D eigenvalue weighted by molar-refractivity contribution is 7.66. The Kier molecular flexibility index (Phi) is 7.46. The maximum absolute atomic E-state index is 12.2. The first-order valence-electron chi connectivity index (χ1n) is 10.1. The smallest absolute Gasteiger partial charge is 0.387 e. The molecule has 0 bridgehead atoms. The largest absolute Gasteiger partial charge is 0.490 e. The van der Waals surface area contributed by atoms with E-state index >= 15 is 0 Å². The van der Waals surface area contributed by atoms with E-state index in [-0.39, 0.29) is 22.0 Å². The molecule has 0 spiro atoms. The molecule has 3 aromatic rings. The van der Waals surface area contributed by atoms with E-state index in [2.05, 4.69) is 28.4 Å². The third-order valence-electron chi connectivity index (χ3n) is 5.39. The minimum Gasteiger partial charge on any atom is -0.387 e. The Balaban J connectivity index is 1.61. The number of phosphoric acid groups is 3. The van der Waals surface area contributed by atoms with Gasteiger partial charge in [0.2, 0.25) is 0 Å². The third kappa shape index (κ3) is 5.74. The molecule has 0 amide bonds. The molecule has 1 fully saturated rings. The number of nitrogens with one attached hydrogen (secondary N) is 2. The molecule has 3 heterocycles. The van der Waals surface area contributed by atoms with Crippen molar-refractivity contribution in [2.75, 3.05) is 12.1 Å². The van der Waals surface area contributed by atoms with Crippen molar-refractivity contribution >= 4 is 50.8 Å². The lowest BCUT2D eigenvalue weighted by atomic mass is 9.97. The number of aromatic nitrogens is 4. The molecule has 20 nitrogen and oxygen atoms in total. The van der Waals surface area contributed by atoms with Gasteiger partial charge in [0.15, 0.2) is 6.23 Å². The second-order valence-electron chi connectivity index (χ2n) is 8.15. The molecule has 1 aliphatic rings. The molecule has 6 atom stereocenters. The zero-order chi connectivity index (χ0) is 28.3. The lowest BCUT2D eigenvalue weighted by Gasteiger charge is -2.27. The van der Waals surface area contributed by atoms with Crippen LogP contribution in [0.5, 0.6) is 0 Å². The summed E-state index contributed by atoms with van der Waals surface area (Å²) in [7, 11) is -16.9. The van der Waals surface area contributed by atoms with Crippen LogP contribution >= 0.6 is 23.5 Å². The van der Waals surface area contributed by atoms with Crippen LogP contribution in [-0.2, 0) is 31.6 Å². The van der Waals surface area contributed by atoms with E-state index in [9.17, 15) is 43.7 Å². The van der Waals surface area contributed by atoms with E-state index in [1.807, 2.05) is 5.48 Å². The van der Waals surface area contributed by atoms with Gasteiger partial charge in [0.05, 0.1) is 23.9 Å². The standard InChI is InChI=1S/C15H20N5O15P3/c1-15(23)12(21)10(5-32-37(28,29)35-38(30,31)34-36(25,26)27)33-14(15)20-4-7-8(19-24)2-6-11(7)9(18-20)3-16-17-13(6)22/h2-4,10,12,14,19,21,23-24H,5H2,1H3,(H,17,22)(H,28,29)(H,30,31)(H2,25,26,27)/t10-,12-,14-,15-/m1/s1. The summed E-state index contributed by atoms with van der Waals surface area (Å²) >= 11 is 0. The number of aliphatic hydroxyl groups is 2. The molecule has 23 heteroatoms. The van der Waals surface area contributed by atoms with E-state index < -0.39 is 59.7 Å². The Morgan fingerprint density at radius 1 is 1.18 bits per heavy atom. The lowest BCUT2D eigenvalue weighted by Crippen LogP contribution is -2.44. The minimum atomic E-state index is -5.77. The molecule has 1 aromatic carbocycles. The van der Waals surface area contributed by atoms with Crippen LogP contribution in [0.1, 0.15) is 13.2 Å². The Bertz CT molecular complexity index is 1580. The lowest BCUT2D eigenvalue weighted by molar-refractivity contribution is -0.102. The molecule has 0 aliphatic carbocycles. The van der Waals surface area contributed by atoms with Crippen LogP contribution in [-0.4, -0.2) is 79.4 Å². The van der Waals surface area contributed by atoms with Crippen molar-refractivity contribution in [3.63, 3.8) is 0 Å². The second kappa shape index (κ2) is 9.81. The Morgan fingerprint density at radius 3 is 2.50 bits per heavy atom. The van der Waals surface area contributed by atoms with Gasteiger partial charge in [-0.05, 0) is 13.0 Å². The van der Waals surface area contributed by atoms with Crippen LogP contribution in [0.15, 0.2) is 23.3 Å². The van der Waals surface area contributed by atoms with Gasteiger partial charge in [-0.1, -0.05) is 0 Å². The maximum atomic E-state index is 12.2. The van der Waals surface area contributed by atoms with Crippen LogP contribution in [0.2, 0.25) is 0 Å². The number of nitrogens with zero attached hydrogens (tertiary/aromatic N) is 3. The van der Waals surface area contributed by atoms with Crippen molar-refractivity contribution in [2.45, 2.75) is 31.0 Å². The monoisotopic (exact) mass is 603 g/mol. The summed E-state index contributed by atoms with van der Waals surface area (Å²) < 4.78 is 52.5. The molecule has 38 heavy (non-hydrogen) atoms. The molecule has 1 aliphatic heterocycles. The summed E-state index contributed by atoms with van der Waals surface area (Å²) in [6.45, 7) is 0.0849. The molecule has 2 aromatic heterocycles. The molecule has 2 unspecified atom stereocenters. The summed E-state index contributed by atoms with van der Waals surface area (Å²) in [6, 6.07) is 1.32. The summed E-state index contributed by atoms with van der Waals surface area (Å²) in [6.07, 6.45) is -2.48. The van der Waals surface area contributed by atoms with Gasteiger partial charge in [-0.2, -0.15) is 18.8 Å². The fourth-order valence-corrected chi connectivity index (χ4v) is 6.88. The second-order valence-corrected chi connectivity index (χ2v) is 12.6. The van der Waals surface area contributed by atoms with Gasteiger partial charge in [-0.25, -0.2) is 23.5 Å². The third-order valence-corrected chi connectivity index (χ3v) is 9.19. The van der Waals surface area contributed by atoms with Crippen molar-refractivity contribution in [3.05, 3.63) is 28.8 Å². The van der Waals surface area contributed by atoms with E-state index in [0.717, 1.165) is 11.6 Å². The van der Waals surface area contributed by atoms with Gasteiger partial charge in [0, 0.05) is 17.0 Å². The first-order valence-corrected chi connectivity index (χ1v) is 14.6. The number of anilines is 1. The van der Waals surface area contributed by atoms with Crippen molar-refractivity contribution in [3.8, 4) is 0 Å². The first kappa shape index (κ1) is 28.9. The van der Waals surface area contributed by atoms with Crippen molar-refractivity contribution in [2.24, 2.45) is 0 Å². The van der Waals surface area contributed by atoms with E-state index in [1.54, 1.807) is 0 Å². The number of hydrogen-bond donors (Lipinski definition) is 9. The number of hydrogen-bond acceptors (Lipinski definition) is 14. The molecule has 4 rings (SSSR count). The Labute approximate surface area is 209 Å². The topological polar surface area (TPSA) is 305 Å². The van der Waals surface area contributed by atoms with E-state index in [1.165, 1.54) is 18.5 Å². The number of phosphoric ester groups is 1. The van der Waals surface area contributed by atoms with Crippen LogP contribution in [0.4, 0.5) is 5.69 Å². The highest BCUT2D eigenvalue weighted by Gasteiger charge is 2.54. The molecule has 1 saturated heterocycles. The summed E-state index contributed by atoms with van der Waals surface area (Å²) in [5.41, 5.74) is -0.622. The molecule has 210 valence electrons. The number of ether oxygens (including phenoxy) is 1. The molecule has 0 radical (unpaired) electrons. The minimum absolute atomic E-state index is 0.0836. The number of aliphatic hydroxyl groups excluding tert-OH is 1. The summed E-state index contributed by atoms with van der Waals surface area (Å²) in [4.78, 5) is 48.3.